The lowest BCUT2D eigenvalue weighted by Gasteiger charge is -2.05. The van der Waals surface area contributed by atoms with Crippen molar-refractivity contribution in [3.63, 3.8) is 0 Å². The number of halogens is 1. The van der Waals surface area contributed by atoms with Gasteiger partial charge >= 0.3 is 5.97 Å². The first-order valence-corrected chi connectivity index (χ1v) is 7.03. The van der Waals surface area contributed by atoms with E-state index < -0.39 is 16.0 Å². The Hall–Kier alpha value is -1.22. The number of aromatic nitrogens is 2. The number of sulfonamides is 1. The number of nitrogens with one attached hydrogen (secondary N) is 1. The van der Waals surface area contributed by atoms with E-state index in [0.29, 0.717) is 4.60 Å². The largest absolute Gasteiger partial charge is 0.481 e. The molecule has 0 amide bonds. The van der Waals surface area contributed by atoms with E-state index in [1.54, 1.807) is 0 Å². The van der Waals surface area contributed by atoms with Gasteiger partial charge < -0.3 is 5.11 Å². The standard InChI is InChI=1S/C8H10BrN3O4S/c9-6-4-11-7(5-10-6)12-17(15,16)3-1-2-8(13)14/h4-5H,1-3H2,(H,11,12)(H,13,14). The Labute approximate surface area is 106 Å². The monoisotopic (exact) mass is 323 g/mol. The van der Waals surface area contributed by atoms with Gasteiger partial charge in [0.2, 0.25) is 10.0 Å². The van der Waals surface area contributed by atoms with Crippen LogP contribution in [-0.2, 0) is 14.8 Å². The van der Waals surface area contributed by atoms with Crippen molar-refractivity contribution in [1.29, 1.82) is 0 Å². The zero-order valence-corrected chi connectivity index (χ0v) is 11.0. The molecule has 0 aromatic carbocycles. The Morgan fingerprint density at radius 1 is 1.41 bits per heavy atom. The van der Waals surface area contributed by atoms with Crippen LogP contribution >= 0.6 is 15.9 Å². The molecule has 1 aromatic rings. The SMILES string of the molecule is O=C(O)CCCS(=O)(=O)Nc1cnc(Br)cn1. The third-order valence-corrected chi connectivity index (χ3v) is 3.44. The molecule has 0 radical (unpaired) electrons. The van der Waals surface area contributed by atoms with Gasteiger partial charge in [-0.2, -0.15) is 0 Å². The summed E-state index contributed by atoms with van der Waals surface area (Å²) in [4.78, 5) is 17.8. The lowest BCUT2D eigenvalue weighted by molar-refractivity contribution is -0.137. The summed E-state index contributed by atoms with van der Waals surface area (Å²) >= 11 is 3.07. The van der Waals surface area contributed by atoms with Crippen molar-refractivity contribution in [2.75, 3.05) is 10.5 Å². The maximum Gasteiger partial charge on any atom is 0.303 e. The summed E-state index contributed by atoms with van der Waals surface area (Å²) < 4.78 is 25.7. The van der Waals surface area contributed by atoms with E-state index in [0.717, 1.165) is 0 Å². The molecule has 0 atom stereocenters. The van der Waals surface area contributed by atoms with Crippen LogP contribution in [0.5, 0.6) is 0 Å². The van der Waals surface area contributed by atoms with Crippen molar-refractivity contribution in [3.05, 3.63) is 17.0 Å². The Morgan fingerprint density at radius 3 is 2.65 bits per heavy atom. The van der Waals surface area contributed by atoms with Crippen LogP contribution in [-0.4, -0.2) is 35.2 Å². The molecule has 7 nitrogen and oxygen atoms in total. The van der Waals surface area contributed by atoms with Crippen LogP contribution in [0.25, 0.3) is 0 Å². The Morgan fingerprint density at radius 2 is 2.12 bits per heavy atom. The number of carbonyl (C=O) groups is 1. The van der Waals surface area contributed by atoms with Crippen molar-refractivity contribution >= 4 is 37.7 Å². The second-order valence-electron chi connectivity index (χ2n) is 3.14. The average molecular weight is 324 g/mol. The van der Waals surface area contributed by atoms with Crippen LogP contribution < -0.4 is 4.72 Å². The quantitative estimate of drug-likeness (QED) is 0.803. The number of hydrogen-bond acceptors (Lipinski definition) is 5. The Kier molecular flexibility index (Phi) is 4.82. The smallest absolute Gasteiger partial charge is 0.303 e. The topological polar surface area (TPSA) is 109 Å². The minimum atomic E-state index is -3.57. The van der Waals surface area contributed by atoms with Gasteiger partial charge in [-0.1, -0.05) is 0 Å². The van der Waals surface area contributed by atoms with Crippen LogP contribution in [0.2, 0.25) is 0 Å². The van der Waals surface area contributed by atoms with E-state index in [-0.39, 0.29) is 24.4 Å². The third-order valence-electron chi connectivity index (χ3n) is 1.68. The number of rotatable bonds is 6. The van der Waals surface area contributed by atoms with Crippen LogP contribution in [0, 0.1) is 0 Å². The molecule has 17 heavy (non-hydrogen) atoms. The zero-order valence-electron chi connectivity index (χ0n) is 8.63. The van der Waals surface area contributed by atoms with E-state index in [1.165, 1.54) is 12.4 Å². The summed E-state index contributed by atoms with van der Waals surface area (Å²) in [5, 5.41) is 8.39. The lowest BCUT2D eigenvalue weighted by Crippen LogP contribution is -2.18. The van der Waals surface area contributed by atoms with Gasteiger partial charge in [-0.05, 0) is 22.4 Å². The predicted molar refractivity (Wildman–Crippen MR) is 64.0 cm³/mol. The number of carboxylic acid groups (broad SMARTS) is 1. The maximum absolute atomic E-state index is 11.5. The molecule has 94 valence electrons. The molecule has 0 aliphatic heterocycles. The molecule has 0 saturated carbocycles. The predicted octanol–water partition coefficient (Wildman–Crippen LogP) is 0.846. The summed E-state index contributed by atoms with van der Waals surface area (Å²) in [5.41, 5.74) is 0. The average Bonchev–Trinajstić information content (AvgIpc) is 2.20. The fourth-order valence-electron chi connectivity index (χ4n) is 0.989. The number of hydrogen-bond donors (Lipinski definition) is 2. The van der Waals surface area contributed by atoms with Crippen LogP contribution in [0.4, 0.5) is 5.82 Å². The fraction of sp³-hybridized carbons (Fsp3) is 0.375. The fourth-order valence-corrected chi connectivity index (χ4v) is 2.24. The van der Waals surface area contributed by atoms with E-state index >= 15 is 0 Å². The van der Waals surface area contributed by atoms with E-state index in [4.69, 9.17) is 5.11 Å². The highest BCUT2D eigenvalue weighted by atomic mass is 79.9. The molecular formula is C8H10BrN3O4S. The highest BCUT2D eigenvalue weighted by molar-refractivity contribution is 9.10. The molecule has 0 fully saturated rings. The molecule has 0 unspecified atom stereocenters. The van der Waals surface area contributed by atoms with Gasteiger partial charge in [-0.3, -0.25) is 9.52 Å². The second kappa shape index (κ2) is 5.92. The zero-order chi connectivity index (χ0) is 12.9. The Balaban J connectivity index is 2.54. The van der Waals surface area contributed by atoms with Gasteiger partial charge in [-0.15, -0.1) is 0 Å². The highest BCUT2D eigenvalue weighted by Gasteiger charge is 2.12. The normalized spacial score (nSPS) is 11.1. The molecule has 0 bridgehead atoms. The summed E-state index contributed by atoms with van der Waals surface area (Å²) in [7, 11) is -3.57. The number of carboxylic acids is 1. The van der Waals surface area contributed by atoms with Gasteiger partial charge in [0.15, 0.2) is 5.82 Å². The van der Waals surface area contributed by atoms with Crippen molar-refractivity contribution in [1.82, 2.24) is 9.97 Å². The maximum atomic E-state index is 11.5. The van der Waals surface area contributed by atoms with E-state index in [1.807, 2.05) is 0 Å². The molecule has 0 aliphatic rings. The minimum absolute atomic E-state index is 0.0502. The van der Waals surface area contributed by atoms with Crippen molar-refractivity contribution in [2.24, 2.45) is 0 Å². The summed E-state index contributed by atoms with van der Waals surface area (Å²) in [6.45, 7) is 0. The molecule has 2 N–H and O–H groups in total. The Bertz CT molecular complexity index is 488. The summed E-state index contributed by atoms with van der Waals surface area (Å²) in [6, 6.07) is 0. The molecule has 1 heterocycles. The first-order valence-electron chi connectivity index (χ1n) is 4.59. The first kappa shape index (κ1) is 13.8. The van der Waals surface area contributed by atoms with Crippen molar-refractivity contribution in [2.45, 2.75) is 12.8 Å². The highest BCUT2D eigenvalue weighted by Crippen LogP contribution is 2.08. The molecule has 0 aliphatic carbocycles. The van der Waals surface area contributed by atoms with Crippen LogP contribution in [0.3, 0.4) is 0 Å². The van der Waals surface area contributed by atoms with Crippen molar-refractivity contribution in [3.8, 4) is 0 Å². The lowest BCUT2D eigenvalue weighted by atomic mass is 10.3. The summed E-state index contributed by atoms with van der Waals surface area (Å²) in [6.07, 6.45) is 2.48. The van der Waals surface area contributed by atoms with E-state index in [2.05, 4.69) is 30.6 Å². The third kappa shape index (κ3) is 5.59. The first-order chi connectivity index (χ1) is 7.89. The van der Waals surface area contributed by atoms with Gasteiger partial charge in [0.1, 0.15) is 4.60 Å². The molecular weight excluding hydrogens is 314 g/mol. The second-order valence-corrected chi connectivity index (χ2v) is 5.80. The van der Waals surface area contributed by atoms with Crippen LogP contribution in [0.1, 0.15) is 12.8 Å². The van der Waals surface area contributed by atoms with Crippen LogP contribution in [0.15, 0.2) is 17.0 Å². The number of aliphatic carboxylic acids is 1. The molecule has 9 heteroatoms. The van der Waals surface area contributed by atoms with E-state index in [9.17, 15) is 13.2 Å². The van der Waals surface area contributed by atoms with Gasteiger partial charge in [-0.25, -0.2) is 18.4 Å². The van der Waals surface area contributed by atoms with Gasteiger partial charge in [0.25, 0.3) is 0 Å². The number of anilines is 1. The molecule has 1 rings (SSSR count). The molecule has 0 spiro atoms. The number of nitrogens with zero attached hydrogens (tertiary/aromatic N) is 2. The summed E-state index contributed by atoms with van der Waals surface area (Å²) in [5.74, 6) is -1.19. The minimum Gasteiger partial charge on any atom is -0.481 e. The molecule has 1 aromatic heterocycles. The van der Waals surface area contributed by atoms with Gasteiger partial charge in [0.05, 0.1) is 18.1 Å². The van der Waals surface area contributed by atoms with Gasteiger partial charge in [0, 0.05) is 6.42 Å². The molecule has 0 saturated heterocycles. The van der Waals surface area contributed by atoms with Crippen molar-refractivity contribution < 1.29 is 18.3 Å².